The van der Waals surface area contributed by atoms with E-state index in [-0.39, 0.29) is 28.0 Å². The fourth-order valence-electron chi connectivity index (χ4n) is 4.62. The Labute approximate surface area is 222 Å². The summed E-state index contributed by atoms with van der Waals surface area (Å²) in [5, 5.41) is 11.7. The van der Waals surface area contributed by atoms with Crippen LogP contribution < -0.4 is 14.4 Å². The van der Waals surface area contributed by atoms with Gasteiger partial charge in [-0.25, -0.2) is 0 Å². The molecule has 0 aromatic heterocycles. The fourth-order valence-corrected chi connectivity index (χ4v) is 4.83. The number of benzene rings is 3. The highest BCUT2D eigenvalue weighted by Gasteiger charge is 2.47. The van der Waals surface area contributed by atoms with Crippen LogP contribution in [0.2, 0.25) is 5.02 Å². The quantitative estimate of drug-likeness (QED) is 0.212. The lowest BCUT2D eigenvalue weighted by atomic mass is 9.94. The van der Waals surface area contributed by atoms with Crippen molar-refractivity contribution in [2.45, 2.75) is 46.8 Å². The largest absolute Gasteiger partial charge is 0.507 e. The Morgan fingerprint density at radius 1 is 1.00 bits per heavy atom. The highest BCUT2D eigenvalue weighted by molar-refractivity contribution is 6.52. The zero-order valence-electron chi connectivity index (χ0n) is 21.5. The second-order valence-corrected chi connectivity index (χ2v) is 9.74. The number of halogens is 1. The van der Waals surface area contributed by atoms with Crippen molar-refractivity contribution in [2.75, 3.05) is 11.5 Å². The Bertz CT molecular complexity index is 1370. The van der Waals surface area contributed by atoms with Gasteiger partial charge in [-0.1, -0.05) is 29.8 Å². The molecule has 0 spiro atoms. The lowest BCUT2D eigenvalue weighted by Gasteiger charge is -2.26. The van der Waals surface area contributed by atoms with Gasteiger partial charge in [0.15, 0.2) is 0 Å². The molecule has 0 saturated carbocycles. The van der Waals surface area contributed by atoms with E-state index in [0.29, 0.717) is 29.4 Å². The number of ketones is 1. The molecule has 1 aliphatic rings. The molecule has 1 atom stereocenters. The summed E-state index contributed by atoms with van der Waals surface area (Å²) < 4.78 is 11.5. The topological polar surface area (TPSA) is 76.1 Å². The van der Waals surface area contributed by atoms with Crippen molar-refractivity contribution in [2.24, 2.45) is 0 Å². The third-order valence-corrected chi connectivity index (χ3v) is 6.31. The zero-order chi connectivity index (χ0) is 26.9. The highest BCUT2D eigenvalue weighted by Crippen LogP contribution is 2.44. The summed E-state index contributed by atoms with van der Waals surface area (Å²) in [6, 6.07) is 16.9. The summed E-state index contributed by atoms with van der Waals surface area (Å²) in [6.45, 7) is 9.96. The first-order valence-corrected chi connectivity index (χ1v) is 12.6. The number of nitrogens with zero attached hydrogens (tertiary/aromatic N) is 1. The molecular weight excluding hydrogens is 490 g/mol. The van der Waals surface area contributed by atoms with Crippen molar-refractivity contribution in [1.82, 2.24) is 0 Å². The predicted molar refractivity (Wildman–Crippen MR) is 146 cm³/mol. The number of hydrogen-bond donors (Lipinski definition) is 1. The minimum Gasteiger partial charge on any atom is -0.507 e. The van der Waals surface area contributed by atoms with Crippen LogP contribution in [-0.2, 0) is 9.59 Å². The number of rotatable bonds is 7. The van der Waals surface area contributed by atoms with Gasteiger partial charge in [-0.05, 0) is 93.8 Å². The van der Waals surface area contributed by atoms with Crippen molar-refractivity contribution in [3.05, 3.63) is 93.5 Å². The Kier molecular flexibility index (Phi) is 7.60. The average molecular weight is 520 g/mol. The number of hydrogen-bond acceptors (Lipinski definition) is 5. The van der Waals surface area contributed by atoms with Crippen LogP contribution >= 0.6 is 11.6 Å². The minimum absolute atomic E-state index is 0.0543. The van der Waals surface area contributed by atoms with Gasteiger partial charge in [-0.3, -0.25) is 14.5 Å². The second kappa shape index (κ2) is 10.7. The molecule has 1 unspecified atom stereocenters. The molecule has 7 heteroatoms. The molecule has 3 aromatic carbocycles. The molecule has 6 nitrogen and oxygen atoms in total. The fraction of sp³-hybridized carbons (Fsp3) is 0.267. The van der Waals surface area contributed by atoms with Gasteiger partial charge in [-0.15, -0.1) is 0 Å². The van der Waals surface area contributed by atoms with Crippen LogP contribution in [-0.4, -0.2) is 29.5 Å². The molecule has 1 N–H and O–H groups in total. The molecule has 3 aromatic rings. The molecular formula is C30H30ClNO5. The second-order valence-electron chi connectivity index (χ2n) is 9.33. The van der Waals surface area contributed by atoms with Crippen molar-refractivity contribution in [3.63, 3.8) is 0 Å². The van der Waals surface area contributed by atoms with E-state index in [2.05, 4.69) is 0 Å². The molecule has 37 heavy (non-hydrogen) atoms. The SMILES string of the molecule is CCOc1ccc(Cl)c(/C(O)=C2\C(=O)C(=O)N(c3cc(C)cc(C)c3)C2c2cccc(OC(C)C)c2)c1. The van der Waals surface area contributed by atoms with Crippen LogP contribution in [0, 0.1) is 13.8 Å². The van der Waals surface area contributed by atoms with Crippen LogP contribution in [0.5, 0.6) is 11.5 Å². The number of aliphatic hydroxyl groups is 1. The summed E-state index contributed by atoms with van der Waals surface area (Å²) in [4.78, 5) is 28.5. The third-order valence-electron chi connectivity index (χ3n) is 5.98. The van der Waals surface area contributed by atoms with Crippen molar-refractivity contribution < 1.29 is 24.2 Å². The molecule has 1 aliphatic heterocycles. The van der Waals surface area contributed by atoms with Gasteiger partial charge in [0.1, 0.15) is 17.3 Å². The maximum absolute atomic E-state index is 13.5. The summed E-state index contributed by atoms with van der Waals surface area (Å²) in [7, 11) is 0. The van der Waals surface area contributed by atoms with E-state index in [4.69, 9.17) is 21.1 Å². The number of carbonyl (C=O) groups excluding carboxylic acids is 2. The summed E-state index contributed by atoms with van der Waals surface area (Å²) in [6.07, 6.45) is -0.0684. The van der Waals surface area contributed by atoms with Crippen molar-refractivity contribution in [1.29, 1.82) is 0 Å². The summed E-state index contributed by atoms with van der Waals surface area (Å²) in [5.41, 5.74) is 3.23. The van der Waals surface area contributed by atoms with E-state index in [9.17, 15) is 14.7 Å². The van der Waals surface area contributed by atoms with Crippen LogP contribution in [0.3, 0.4) is 0 Å². The molecule has 0 aliphatic carbocycles. The normalized spacial score (nSPS) is 16.9. The number of carbonyl (C=O) groups is 2. The van der Waals surface area contributed by atoms with Gasteiger partial charge in [0.2, 0.25) is 0 Å². The molecule has 192 valence electrons. The van der Waals surface area contributed by atoms with Gasteiger partial charge in [0.05, 0.1) is 29.3 Å². The molecule has 1 heterocycles. The Morgan fingerprint density at radius 2 is 1.70 bits per heavy atom. The Balaban J connectivity index is 1.97. The average Bonchev–Trinajstić information content (AvgIpc) is 3.09. The van der Waals surface area contributed by atoms with Crippen molar-refractivity contribution >= 4 is 34.7 Å². The molecule has 1 amide bonds. The number of Topliss-reactive ketones (excluding diaryl/α,β-unsaturated/α-hetero) is 1. The number of aryl methyl sites for hydroxylation is 2. The van der Waals surface area contributed by atoms with E-state index in [1.807, 2.05) is 65.0 Å². The lowest BCUT2D eigenvalue weighted by Crippen LogP contribution is -2.29. The number of amides is 1. The summed E-state index contributed by atoms with van der Waals surface area (Å²) >= 11 is 6.45. The third kappa shape index (κ3) is 5.35. The molecule has 4 rings (SSSR count). The van der Waals surface area contributed by atoms with E-state index >= 15 is 0 Å². The van der Waals surface area contributed by atoms with Gasteiger partial charge < -0.3 is 14.6 Å². The van der Waals surface area contributed by atoms with Gasteiger partial charge in [0.25, 0.3) is 11.7 Å². The first-order valence-electron chi connectivity index (χ1n) is 12.2. The monoisotopic (exact) mass is 519 g/mol. The predicted octanol–water partition coefficient (Wildman–Crippen LogP) is 6.77. The Morgan fingerprint density at radius 3 is 2.35 bits per heavy atom. The van der Waals surface area contributed by atoms with Crippen LogP contribution in [0.1, 0.15) is 49.1 Å². The van der Waals surface area contributed by atoms with Gasteiger partial charge >= 0.3 is 0 Å². The van der Waals surface area contributed by atoms with Crippen molar-refractivity contribution in [3.8, 4) is 11.5 Å². The van der Waals surface area contributed by atoms with Gasteiger partial charge in [-0.2, -0.15) is 0 Å². The maximum Gasteiger partial charge on any atom is 0.300 e. The minimum atomic E-state index is -0.899. The number of anilines is 1. The Hall–Kier alpha value is -3.77. The number of ether oxygens (including phenoxy) is 2. The smallest absolute Gasteiger partial charge is 0.300 e. The number of aliphatic hydroxyl groups excluding tert-OH is 1. The molecule has 1 fully saturated rings. The van der Waals surface area contributed by atoms with E-state index in [0.717, 1.165) is 11.1 Å². The zero-order valence-corrected chi connectivity index (χ0v) is 22.3. The van der Waals surface area contributed by atoms with E-state index < -0.39 is 17.7 Å². The molecule has 1 saturated heterocycles. The van der Waals surface area contributed by atoms with E-state index in [1.165, 1.54) is 4.90 Å². The first-order chi connectivity index (χ1) is 17.6. The lowest BCUT2D eigenvalue weighted by molar-refractivity contribution is -0.132. The molecule has 0 radical (unpaired) electrons. The van der Waals surface area contributed by atoms with Gasteiger partial charge in [0, 0.05) is 11.3 Å². The van der Waals surface area contributed by atoms with E-state index in [1.54, 1.807) is 30.3 Å². The highest BCUT2D eigenvalue weighted by atomic mass is 35.5. The van der Waals surface area contributed by atoms with Crippen LogP contribution in [0.4, 0.5) is 5.69 Å². The van der Waals surface area contributed by atoms with Crippen LogP contribution in [0.25, 0.3) is 5.76 Å². The molecule has 0 bridgehead atoms. The summed E-state index contributed by atoms with van der Waals surface area (Å²) in [5.74, 6) is -0.814. The first kappa shape index (κ1) is 26.3. The standard InChI is InChI=1S/C30H30ClNO5/c1-6-36-22-10-11-25(31)24(16-22)28(33)26-27(20-8-7-9-23(15-20)37-17(2)3)32(30(35)29(26)34)21-13-18(4)12-19(5)14-21/h7-17,27,33H,6H2,1-5H3/b28-26+. The maximum atomic E-state index is 13.5. The van der Waals surface area contributed by atoms with Crippen LogP contribution in [0.15, 0.2) is 66.2 Å².